The van der Waals surface area contributed by atoms with Crippen molar-refractivity contribution >= 4 is 23.3 Å². The van der Waals surface area contributed by atoms with Crippen molar-refractivity contribution in [2.24, 2.45) is 0 Å². The minimum absolute atomic E-state index is 0.186. The first-order valence-electron chi connectivity index (χ1n) is 8.34. The lowest BCUT2D eigenvalue weighted by Crippen LogP contribution is -2.48. The zero-order chi connectivity index (χ0) is 16.7. The Morgan fingerprint density at radius 1 is 1.17 bits per heavy atom. The average molecular weight is 339 g/mol. The van der Waals surface area contributed by atoms with Gasteiger partial charge >= 0.3 is 6.03 Å². The van der Waals surface area contributed by atoms with Gasteiger partial charge in [0.05, 0.1) is 0 Å². The fourth-order valence-electron chi connectivity index (χ4n) is 2.73. The molecule has 1 fully saturated rings. The number of halogens is 1. The van der Waals surface area contributed by atoms with Gasteiger partial charge in [-0.3, -0.25) is 4.90 Å². The van der Waals surface area contributed by atoms with Crippen LogP contribution in [0.2, 0.25) is 5.02 Å². The van der Waals surface area contributed by atoms with Crippen LogP contribution in [-0.2, 0) is 0 Å². The standard InChI is InChI=1S/C17H27ClN4O/c1-3-7-21-9-11-22(12-10-21)8-6-19-17(23)20-15-5-4-14(2)16(18)13-15/h4-5,13H,3,6-12H2,1-2H3,(H2,19,20,23). The number of carbonyl (C=O) groups is 1. The summed E-state index contributed by atoms with van der Waals surface area (Å²) in [4.78, 5) is 16.8. The number of urea groups is 1. The number of hydrogen-bond acceptors (Lipinski definition) is 3. The molecule has 0 unspecified atom stereocenters. The van der Waals surface area contributed by atoms with Crippen LogP contribution in [0.5, 0.6) is 0 Å². The number of anilines is 1. The third-order valence-electron chi connectivity index (χ3n) is 4.15. The van der Waals surface area contributed by atoms with Crippen molar-refractivity contribution in [3.05, 3.63) is 28.8 Å². The molecule has 1 aromatic rings. The lowest BCUT2D eigenvalue weighted by molar-refractivity contribution is 0.133. The Hall–Kier alpha value is -1.30. The number of benzene rings is 1. The predicted molar refractivity (Wildman–Crippen MR) is 96.4 cm³/mol. The number of nitrogens with one attached hydrogen (secondary N) is 2. The molecule has 0 atom stereocenters. The smallest absolute Gasteiger partial charge is 0.319 e. The molecule has 0 aromatic heterocycles. The van der Waals surface area contributed by atoms with Crippen LogP contribution in [0.15, 0.2) is 18.2 Å². The Morgan fingerprint density at radius 2 is 1.83 bits per heavy atom. The molecule has 1 aliphatic heterocycles. The highest BCUT2D eigenvalue weighted by atomic mass is 35.5. The first-order chi connectivity index (χ1) is 11.1. The van der Waals surface area contributed by atoms with Gasteiger partial charge in [-0.05, 0) is 37.6 Å². The summed E-state index contributed by atoms with van der Waals surface area (Å²) >= 11 is 6.06. The number of amides is 2. The zero-order valence-electron chi connectivity index (χ0n) is 14.1. The molecule has 0 saturated carbocycles. The van der Waals surface area contributed by atoms with Crippen LogP contribution in [0.25, 0.3) is 0 Å². The molecular formula is C17H27ClN4O. The van der Waals surface area contributed by atoms with Crippen molar-refractivity contribution < 1.29 is 4.79 Å². The Morgan fingerprint density at radius 3 is 2.43 bits per heavy atom. The summed E-state index contributed by atoms with van der Waals surface area (Å²) in [5.74, 6) is 0. The molecule has 2 amide bonds. The molecule has 23 heavy (non-hydrogen) atoms. The normalized spacial score (nSPS) is 16.3. The SMILES string of the molecule is CCCN1CCN(CCNC(=O)Nc2ccc(C)c(Cl)c2)CC1. The van der Waals surface area contributed by atoms with Gasteiger partial charge in [-0.15, -0.1) is 0 Å². The molecule has 0 spiro atoms. The molecule has 5 nitrogen and oxygen atoms in total. The summed E-state index contributed by atoms with van der Waals surface area (Å²) in [6.45, 7) is 11.3. The van der Waals surface area contributed by atoms with Gasteiger partial charge in [0.1, 0.15) is 0 Å². The molecule has 0 aliphatic carbocycles. The van der Waals surface area contributed by atoms with Gasteiger partial charge in [-0.25, -0.2) is 4.79 Å². The number of aryl methyl sites for hydroxylation is 1. The van der Waals surface area contributed by atoms with Gasteiger partial charge in [0.25, 0.3) is 0 Å². The van der Waals surface area contributed by atoms with Gasteiger partial charge in [0.15, 0.2) is 0 Å². The molecule has 0 bridgehead atoms. The molecular weight excluding hydrogens is 312 g/mol. The minimum Gasteiger partial charge on any atom is -0.337 e. The number of hydrogen-bond donors (Lipinski definition) is 2. The summed E-state index contributed by atoms with van der Waals surface area (Å²) in [5.41, 5.74) is 1.71. The summed E-state index contributed by atoms with van der Waals surface area (Å²) in [6.07, 6.45) is 1.21. The molecule has 1 aliphatic rings. The van der Waals surface area contributed by atoms with Crippen LogP contribution in [-0.4, -0.2) is 61.6 Å². The molecule has 1 saturated heterocycles. The third kappa shape index (κ3) is 6.01. The van der Waals surface area contributed by atoms with Crippen LogP contribution >= 0.6 is 11.6 Å². The molecule has 1 heterocycles. The van der Waals surface area contributed by atoms with Crippen LogP contribution in [0.1, 0.15) is 18.9 Å². The maximum absolute atomic E-state index is 11.9. The van der Waals surface area contributed by atoms with E-state index in [0.717, 1.165) is 38.3 Å². The number of nitrogens with zero attached hydrogens (tertiary/aromatic N) is 2. The second-order valence-corrected chi connectivity index (χ2v) is 6.44. The van der Waals surface area contributed by atoms with Crippen LogP contribution in [0.3, 0.4) is 0 Å². The fraction of sp³-hybridized carbons (Fsp3) is 0.588. The largest absolute Gasteiger partial charge is 0.337 e. The number of carbonyl (C=O) groups excluding carboxylic acids is 1. The highest BCUT2D eigenvalue weighted by Gasteiger charge is 2.15. The monoisotopic (exact) mass is 338 g/mol. The Kier molecular flexibility index (Phi) is 7.15. The predicted octanol–water partition coefficient (Wildman–Crippen LogP) is 2.80. The molecule has 0 radical (unpaired) electrons. The van der Waals surface area contributed by atoms with E-state index in [1.165, 1.54) is 13.0 Å². The third-order valence-corrected chi connectivity index (χ3v) is 4.56. The van der Waals surface area contributed by atoms with Crippen LogP contribution in [0, 0.1) is 6.92 Å². The fourth-order valence-corrected chi connectivity index (χ4v) is 2.91. The molecule has 2 N–H and O–H groups in total. The lowest BCUT2D eigenvalue weighted by Gasteiger charge is -2.34. The topological polar surface area (TPSA) is 47.6 Å². The van der Waals surface area contributed by atoms with E-state index < -0.39 is 0 Å². The first-order valence-corrected chi connectivity index (χ1v) is 8.72. The lowest BCUT2D eigenvalue weighted by atomic mass is 10.2. The van der Waals surface area contributed by atoms with Gasteiger partial charge in [-0.2, -0.15) is 0 Å². The summed E-state index contributed by atoms with van der Waals surface area (Å²) in [5, 5.41) is 6.37. The summed E-state index contributed by atoms with van der Waals surface area (Å²) < 4.78 is 0. The Bertz CT molecular complexity index is 515. The second-order valence-electron chi connectivity index (χ2n) is 6.03. The summed E-state index contributed by atoms with van der Waals surface area (Å²) in [7, 11) is 0. The first kappa shape index (κ1) is 18.0. The summed E-state index contributed by atoms with van der Waals surface area (Å²) in [6, 6.07) is 5.33. The van der Waals surface area contributed by atoms with Crippen molar-refractivity contribution in [1.82, 2.24) is 15.1 Å². The maximum atomic E-state index is 11.9. The number of rotatable bonds is 6. The molecule has 2 rings (SSSR count). The number of piperazine rings is 1. The van der Waals surface area contributed by atoms with Crippen LogP contribution in [0.4, 0.5) is 10.5 Å². The quantitative estimate of drug-likeness (QED) is 0.838. The second kappa shape index (κ2) is 9.11. The molecule has 128 valence electrons. The van der Waals surface area contributed by atoms with Crippen molar-refractivity contribution in [2.75, 3.05) is 51.1 Å². The van der Waals surface area contributed by atoms with E-state index in [1.807, 2.05) is 19.1 Å². The highest BCUT2D eigenvalue weighted by Crippen LogP contribution is 2.19. The Labute approximate surface area is 144 Å². The minimum atomic E-state index is -0.186. The van der Waals surface area contributed by atoms with Gasteiger partial charge in [0, 0.05) is 50.0 Å². The Balaban J connectivity index is 1.64. The van der Waals surface area contributed by atoms with Gasteiger partial charge in [0.2, 0.25) is 0 Å². The van der Waals surface area contributed by atoms with E-state index in [2.05, 4.69) is 27.4 Å². The van der Waals surface area contributed by atoms with Gasteiger partial charge < -0.3 is 15.5 Å². The molecule has 1 aromatic carbocycles. The van der Waals surface area contributed by atoms with E-state index >= 15 is 0 Å². The van der Waals surface area contributed by atoms with E-state index in [-0.39, 0.29) is 6.03 Å². The van der Waals surface area contributed by atoms with Crippen molar-refractivity contribution in [3.8, 4) is 0 Å². The average Bonchev–Trinajstić information content (AvgIpc) is 2.53. The van der Waals surface area contributed by atoms with E-state index in [0.29, 0.717) is 17.3 Å². The maximum Gasteiger partial charge on any atom is 0.319 e. The van der Waals surface area contributed by atoms with E-state index in [9.17, 15) is 4.79 Å². The van der Waals surface area contributed by atoms with Gasteiger partial charge in [-0.1, -0.05) is 24.6 Å². The zero-order valence-corrected chi connectivity index (χ0v) is 14.8. The van der Waals surface area contributed by atoms with Crippen molar-refractivity contribution in [2.45, 2.75) is 20.3 Å². The van der Waals surface area contributed by atoms with Crippen LogP contribution < -0.4 is 10.6 Å². The van der Waals surface area contributed by atoms with Crippen molar-refractivity contribution in [1.29, 1.82) is 0 Å². The highest BCUT2D eigenvalue weighted by molar-refractivity contribution is 6.31. The van der Waals surface area contributed by atoms with E-state index in [1.54, 1.807) is 6.07 Å². The van der Waals surface area contributed by atoms with Crippen molar-refractivity contribution in [3.63, 3.8) is 0 Å². The van der Waals surface area contributed by atoms with E-state index in [4.69, 9.17) is 11.6 Å². The molecule has 6 heteroatoms.